The van der Waals surface area contributed by atoms with E-state index in [1.165, 1.54) is 0 Å². The van der Waals surface area contributed by atoms with E-state index in [0.717, 1.165) is 52.2 Å². The molecular weight excluding hydrogens is 532 g/mol. The van der Waals surface area contributed by atoms with E-state index in [2.05, 4.69) is 25.9 Å². The van der Waals surface area contributed by atoms with Crippen LogP contribution in [0, 0.1) is 12.3 Å². The van der Waals surface area contributed by atoms with E-state index in [1.807, 2.05) is 20.8 Å². The number of carbonyl (C=O) groups excluding carboxylic acids is 1. The second-order valence-electron chi connectivity index (χ2n) is 11.0. The minimum Gasteiger partial charge on any atom is -0.444 e. The molecule has 1 rings (SSSR count). The van der Waals surface area contributed by atoms with Gasteiger partial charge in [-0.1, -0.05) is 5.92 Å². The lowest BCUT2D eigenvalue weighted by Crippen LogP contribution is -2.48. The van der Waals surface area contributed by atoms with Crippen LogP contribution in [0.5, 0.6) is 0 Å². The number of terminal acetylenes is 1. The number of hydrogen-bond acceptors (Lipinski definition) is 11. The Balaban J connectivity index is 2.09. The molecule has 1 aliphatic rings. The minimum atomic E-state index is -0.528. The Kier molecular flexibility index (Phi) is 21.9. The van der Waals surface area contributed by atoms with Crippen LogP contribution in [-0.2, 0) is 23.7 Å². The van der Waals surface area contributed by atoms with Gasteiger partial charge in [-0.15, -0.1) is 6.42 Å². The number of alkyl carbamates (subject to hydrolysis) is 1. The van der Waals surface area contributed by atoms with E-state index in [9.17, 15) is 15.0 Å². The molecule has 0 bridgehead atoms. The van der Waals surface area contributed by atoms with Crippen LogP contribution in [0.3, 0.4) is 0 Å². The zero-order valence-electron chi connectivity index (χ0n) is 25.7. The smallest absolute Gasteiger partial charge is 0.407 e. The van der Waals surface area contributed by atoms with Crippen LogP contribution in [0.15, 0.2) is 0 Å². The maximum absolute atomic E-state index is 11.8. The molecule has 0 atom stereocenters. The zero-order valence-corrected chi connectivity index (χ0v) is 25.7. The average molecular weight is 589 g/mol. The largest absolute Gasteiger partial charge is 0.444 e. The lowest BCUT2D eigenvalue weighted by molar-refractivity contribution is -0.00265. The van der Waals surface area contributed by atoms with Crippen LogP contribution in [0.25, 0.3) is 0 Å². The third kappa shape index (κ3) is 20.9. The number of aliphatic hydroxyl groups excluding tert-OH is 2. The van der Waals surface area contributed by atoms with Gasteiger partial charge in [0.05, 0.1) is 65.5 Å². The highest BCUT2D eigenvalue weighted by molar-refractivity contribution is 5.67. The molecule has 41 heavy (non-hydrogen) atoms. The number of hydrogen-bond donors (Lipinski definition) is 3. The van der Waals surface area contributed by atoms with Gasteiger partial charge in [-0.3, -0.25) is 9.80 Å². The normalized spacial score (nSPS) is 15.0. The summed E-state index contributed by atoms with van der Waals surface area (Å²) in [4.78, 5) is 18.8. The highest BCUT2D eigenvalue weighted by atomic mass is 16.6. The molecule has 0 aliphatic carbocycles. The van der Waals surface area contributed by atoms with Gasteiger partial charge >= 0.3 is 6.09 Å². The Hall–Kier alpha value is -1.53. The second-order valence-corrected chi connectivity index (χ2v) is 11.0. The van der Waals surface area contributed by atoms with Crippen molar-refractivity contribution in [3.63, 3.8) is 0 Å². The van der Waals surface area contributed by atoms with Crippen molar-refractivity contribution in [2.45, 2.75) is 45.3 Å². The van der Waals surface area contributed by atoms with E-state index >= 15 is 0 Å². The van der Waals surface area contributed by atoms with E-state index in [-0.39, 0.29) is 19.3 Å². The lowest BCUT2D eigenvalue weighted by Gasteiger charge is -2.35. The first-order valence-corrected chi connectivity index (χ1v) is 14.9. The highest BCUT2D eigenvalue weighted by Gasteiger charge is 2.20. The second kappa shape index (κ2) is 24.0. The summed E-state index contributed by atoms with van der Waals surface area (Å²) in [6.07, 6.45) is 6.33. The van der Waals surface area contributed by atoms with Crippen molar-refractivity contribution in [2.24, 2.45) is 0 Å². The summed E-state index contributed by atoms with van der Waals surface area (Å²) in [5.41, 5.74) is -0.528. The first-order valence-electron chi connectivity index (χ1n) is 14.9. The van der Waals surface area contributed by atoms with E-state index < -0.39 is 11.7 Å². The minimum absolute atomic E-state index is 0.0959. The molecule has 1 heterocycles. The van der Waals surface area contributed by atoms with Crippen LogP contribution in [0.2, 0.25) is 0 Å². The van der Waals surface area contributed by atoms with Crippen LogP contribution < -0.4 is 5.32 Å². The van der Waals surface area contributed by atoms with Crippen LogP contribution in [0.1, 0.15) is 33.6 Å². The van der Waals surface area contributed by atoms with Crippen molar-refractivity contribution < 1.29 is 38.7 Å². The summed E-state index contributed by atoms with van der Waals surface area (Å²) in [5.74, 6) is 2.41. The average Bonchev–Trinajstić information content (AvgIpc) is 2.93. The van der Waals surface area contributed by atoms with Crippen LogP contribution in [-0.4, -0.2) is 168 Å². The molecule has 0 aromatic carbocycles. The molecule has 3 N–H and O–H groups in total. The zero-order chi connectivity index (χ0) is 30.2. The third-order valence-corrected chi connectivity index (χ3v) is 6.47. The number of ether oxygens (including phenoxy) is 5. The summed E-state index contributed by atoms with van der Waals surface area (Å²) in [7, 11) is 0. The maximum atomic E-state index is 11.8. The van der Waals surface area contributed by atoms with E-state index in [1.54, 1.807) is 0 Å². The SMILES string of the molecule is C#CCOCCOCCOCCOCCN1CCN(CCCN(CCCNC(=O)OC(C)(C)C)C(CO)CO)CC1. The van der Waals surface area contributed by atoms with Crippen molar-refractivity contribution in [3.8, 4) is 12.3 Å². The molecule has 0 aromatic heterocycles. The molecule has 1 amide bonds. The number of aliphatic hydroxyl groups is 2. The van der Waals surface area contributed by atoms with Gasteiger partial charge in [0, 0.05) is 45.8 Å². The van der Waals surface area contributed by atoms with Crippen molar-refractivity contribution >= 4 is 6.09 Å². The van der Waals surface area contributed by atoms with Gasteiger partial charge in [0.2, 0.25) is 0 Å². The predicted octanol–water partition coefficient (Wildman–Crippen LogP) is 0.264. The number of carbonyl (C=O) groups is 1. The molecular formula is C29H56N4O8. The number of rotatable bonds is 24. The van der Waals surface area contributed by atoms with Gasteiger partial charge in [-0.05, 0) is 46.7 Å². The monoisotopic (exact) mass is 588 g/mol. The summed E-state index contributed by atoms with van der Waals surface area (Å²) in [6.45, 7) is 17.4. The molecule has 1 fully saturated rings. The van der Waals surface area contributed by atoms with Gasteiger partial charge in [-0.25, -0.2) is 4.79 Å². The Morgan fingerprint density at radius 1 is 0.854 bits per heavy atom. The fourth-order valence-electron chi connectivity index (χ4n) is 4.27. The molecule has 12 heteroatoms. The number of piperazine rings is 1. The Bertz CT molecular complexity index is 677. The highest BCUT2D eigenvalue weighted by Crippen LogP contribution is 2.08. The number of amides is 1. The molecule has 0 spiro atoms. The summed E-state index contributed by atoms with van der Waals surface area (Å²) in [5, 5.41) is 22.2. The Labute approximate surface area is 247 Å². The predicted molar refractivity (Wildman–Crippen MR) is 158 cm³/mol. The molecule has 0 saturated carbocycles. The standard InChI is InChI=1S/C29H56N4O8/c1-5-17-37-19-21-39-23-24-40-22-20-38-18-16-32-14-12-31(13-15-32)9-7-11-33(27(25-34)26-35)10-6-8-30-28(36)41-29(2,3)4/h1,27,34-35H,6-26H2,2-4H3,(H,30,36). The van der Waals surface area contributed by atoms with Crippen molar-refractivity contribution in [1.82, 2.24) is 20.0 Å². The van der Waals surface area contributed by atoms with Gasteiger partial charge in [0.25, 0.3) is 0 Å². The molecule has 12 nitrogen and oxygen atoms in total. The molecule has 0 radical (unpaired) electrons. The maximum Gasteiger partial charge on any atom is 0.407 e. The number of nitrogens with one attached hydrogen (secondary N) is 1. The molecule has 240 valence electrons. The Morgan fingerprint density at radius 3 is 1.90 bits per heavy atom. The topological polar surface area (TPSA) is 125 Å². The van der Waals surface area contributed by atoms with E-state index in [4.69, 9.17) is 30.1 Å². The summed E-state index contributed by atoms with van der Waals surface area (Å²) >= 11 is 0. The molecule has 0 unspecified atom stereocenters. The lowest BCUT2D eigenvalue weighted by atomic mass is 10.2. The fourth-order valence-corrected chi connectivity index (χ4v) is 4.27. The van der Waals surface area contributed by atoms with Gasteiger partial charge in [-0.2, -0.15) is 0 Å². The quantitative estimate of drug-likeness (QED) is 0.106. The van der Waals surface area contributed by atoms with Crippen LogP contribution >= 0.6 is 0 Å². The fraction of sp³-hybridized carbons (Fsp3) is 0.897. The van der Waals surface area contributed by atoms with Gasteiger partial charge in [0.15, 0.2) is 0 Å². The van der Waals surface area contributed by atoms with Crippen molar-refractivity contribution in [3.05, 3.63) is 0 Å². The van der Waals surface area contributed by atoms with Gasteiger partial charge in [0.1, 0.15) is 12.2 Å². The van der Waals surface area contributed by atoms with Crippen molar-refractivity contribution in [2.75, 3.05) is 125 Å². The Morgan fingerprint density at radius 2 is 1.37 bits per heavy atom. The summed E-state index contributed by atoms with van der Waals surface area (Å²) in [6, 6.07) is -0.295. The van der Waals surface area contributed by atoms with Crippen molar-refractivity contribution in [1.29, 1.82) is 0 Å². The number of nitrogens with zero attached hydrogens (tertiary/aromatic N) is 3. The molecule has 1 aliphatic heterocycles. The first-order chi connectivity index (χ1) is 19.8. The van der Waals surface area contributed by atoms with E-state index in [0.29, 0.717) is 72.4 Å². The molecule has 0 aromatic rings. The summed E-state index contributed by atoms with van der Waals surface area (Å²) < 4.78 is 27.0. The third-order valence-electron chi connectivity index (χ3n) is 6.47. The van der Waals surface area contributed by atoms with Gasteiger partial charge < -0.3 is 44.1 Å². The van der Waals surface area contributed by atoms with Crippen LogP contribution in [0.4, 0.5) is 4.79 Å². The molecule has 1 saturated heterocycles. The first kappa shape index (κ1) is 37.5.